The van der Waals surface area contributed by atoms with Crippen LogP contribution < -0.4 is 22.1 Å². The Labute approximate surface area is 116 Å². The molecule has 4 amide bonds. The minimum absolute atomic E-state index is 0.0978. The van der Waals surface area contributed by atoms with Gasteiger partial charge < -0.3 is 27.2 Å². The Bertz CT molecular complexity index is 408. The summed E-state index contributed by atoms with van der Waals surface area (Å²) in [4.78, 5) is 44.0. The number of primary amides is 2. The smallest absolute Gasteiger partial charge is 0.326 e. The van der Waals surface area contributed by atoms with Gasteiger partial charge in [0, 0.05) is 18.4 Å². The zero-order valence-electron chi connectivity index (χ0n) is 11.4. The zero-order valence-corrected chi connectivity index (χ0v) is 11.4. The number of urea groups is 1. The van der Waals surface area contributed by atoms with Crippen LogP contribution in [0.4, 0.5) is 4.79 Å². The van der Waals surface area contributed by atoms with E-state index in [4.69, 9.17) is 16.6 Å². The molecule has 7 N–H and O–H groups in total. The number of hydrogen-bond acceptors (Lipinski definition) is 4. The average Bonchev–Trinajstić information content (AvgIpc) is 2.20. The molecular weight excluding hydrogens is 268 g/mol. The van der Waals surface area contributed by atoms with Gasteiger partial charge >= 0.3 is 12.0 Å². The average molecular weight is 288 g/mol. The summed E-state index contributed by atoms with van der Waals surface area (Å²) in [6.07, 6.45) is -0.379. The molecule has 0 unspecified atom stereocenters. The van der Waals surface area contributed by atoms with Crippen LogP contribution in [-0.2, 0) is 14.4 Å². The molecule has 0 rings (SSSR count). The second-order valence-corrected chi connectivity index (χ2v) is 5.02. The minimum atomic E-state index is -1.28. The van der Waals surface area contributed by atoms with Gasteiger partial charge in [0.2, 0.25) is 11.8 Å². The lowest BCUT2D eigenvalue weighted by Gasteiger charge is -2.26. The predicted molar refractivity (Wildman–Crippen MR) is 69.4 cm³/mol. The molecule has 20 heavy (non-hydrogen) atoms. The van der Waals surface area contributed by atoms with E-state index in [1.54, 1.807) is 13.8 Å². The van der Waals surface area contributed by atoms with Crippen molar-refractivity contribution in [2.24, 2.45) is 11.5 Å². The fourth-order valence-electron chi connectivity index (χ4n) is 1.53. The highest BCUT2D eigenvalue weighted by Crippen LogP contribution is 2.07. The summed E-state index contributed by atoms with van der Waals surface area (Å²) >= 11 is 0. The maximum Gasteiger partial charge on any atom is 0.326 e. The van der Waals surface area contributed by atoms with E-state index in [9.17, 15) is 19.2 Å². The highest BCUT2D eigenvalue weighted by molar-refractivity contribution is 5.84. The van der Waals surface area contributed by atoms with Crippen molar-refractivity contribution < 1.29 is 24.3 Å². The highest BCUT2D eigenvalue weighted by Gasteiger charge is 2.26. The van der Waals surface area contributed by atoms with Crippen molar-refractivity contribution in [3.05, 3.63) is 0 Å². The van der Waals surface area contributed by atoms with E-state index in [0.29, 0.717) is 0 Å². The van der Waals surface area contributed by atoms with Crippen molar-refractivity contribution in [3.63, 3.8) is 0 Å². The van der Waals surface area contributed by atoms with Crippen LogP contribution in [-0.4, -0.2) is 40.5 Å². The first-order chi connectivity index (χ1) is 9.03. The van der Waals surface area contributed by atoms with Crippen LogP contribution in [0.5, 0.6) is 0 Å². The molecular formula is C11H20N4O5. The molecule has 0 aromatic rings. The Morgan fingerprint density at radius 2 is 1.70 bits per heavy atom. The lowest BCUT2D eigenvalue weighted by Crippen LogP contribution is -2.53. The largest absolute Gasteiger partial charge is 0.480 e. The Morgan fingerprint density at radius 3 is 2.10 bits per heavy atom. The first-order valence-corrected chi connectivity index (χ1v) is 5.91. The number of aliphatic carboxylic acids is 1. The Hall–Kier alpha value is -2.32. The molecule has 9 nitrogen and oxygen atoms in total. The van der Waals surface area contributed by atoms with Gasteiger partial charge in [-0.25, -0.2) is 9.59 Å². The number of carboxylic acids is 1. The van der Waals surface area contributed by atoms with Gasteiger partial charge in [-0.1, -0.05) is 0 Å². The van der Waals surface area contributed by atoms with Gasteiger partial charge in [-0.3, -0.25) is 9.59 Å². The Balaban J connectivity index is 4.49. The molecule has 0 spiro atoms. The van der Waals surface area contributed by atoms with Gasteiger partial charge in [0.1, 0.15) is 6.04 Å². The molecule has 0 saturated heterocycles. The van der Waals surface area contributed by atoms with Gasteiger partial charge in [0.15, 0.2) is 0 Å². The van der Waals surface area contributed by atoms with Gasteiger partial charge in [0.25, 0.3) is 0 Å². The molecule has 1 atom stereocenters. The first-order valence-electron chi connectivity index (χ1n) is 5.91. The van der Waals surface area contributed by atoms with Crippen LogP contribution in [0.2, 0.25) is 0 Å². The lowest BCUT2D eigenvalue weighted by atomic mass is 10.0. The van der Waals surface area contributed by atoms with Gasteiger partial charge in [-0.15, -0.1) is 0 Å². The number of nitrogens with one attached hydrogen (secondary N) is 2. The van der Waals surface area contributed by atoms with E-state index in [2.05, 4.69) is 10.6 Å². The summed E-state index contributed by atoms with van der Waals surface area (Å²) in [5, 5.41) is 13.5. The maximum atomic E-state index is 11.6. The molecule has 0 bridgehead atoms. The Kier molecular flexibility index (Phi) is 6.47. The van der Waals surface area contributed by atoms with Crippen LogP contribution in [0.3, 0.4) is 0 Å². The number of rotatable bonds is 8. The number of carbonyl (C=O) groups is 4. The second-order valence-electron chi connectivity index (χ2n) is 5.02. The van der Waals surface area contributed by atoms with E-state index < -0.39 is 35.4 Å². The molecule has 114 valence electrons. The SMILES string of the molecule is CC(C)(CC(N)=O)NC(=O)N[C@H](CCC(N)=O)C(=O)O. The van der Waals surface area contributed by atoms with Crippen LogP contribution in [0, 0.1) is 0 Å². The molecule has 0 aliphatic carbocycles. The minimum Gasteiger partial charge on any atom is -0.480 e. The number of carbonyl (C=O) groups excluding carboxylic acids is 3. The third kappa shape index (κ3) is 7.90. The van der Waals surface area contributed by atoms with E-state index >= 15 is 0 Å². The van der Waals surface area contributed by atoms with E-state index in [0.717, 1.165) is 0 Å². The third-order valence-electron chi connectivity index (χ3n) is 2.35. The summed E-state index contributed by atoms with van der Waals surface area (Å²) in [5.41, 5.74) is 9.03. The van der Waals surface area contributed by atoms with Crippen LogP contribution in [0.25, 0.3) is 0 Å². The predicted octanol–water partition coefficient (Wildman–Crippen LogP) is -1.34. The fraction of sp³-hybridized carbons (Fsp3) is 0.636. The van der Waals surface area contributed by atoms with Crippen LogP contribution in [0.1, 0.15) is 33.1 Å². The standard InChI is InChI=1S/C11H20N4O5/c1-11(2,5-8(13)17)15-10(20)14-6(9(18)19)3-4-7(12)16/h6H,3-5H2,1-2H3,(H2,12,16)(H2,13,17)(H,18,19)(H2,14,15,20)/t6-/m1/s1. The summed E-state index contributed by atoms with van der Waals surface area (Å²) in [5.74, 6) is -2.54. The normalized spacial score (nSPS) is 12.3. The molecule has 0 heterocycles. The molecule has 0 aromatic carbocycles. The van der Waals surface area contributed by atoms with Gasteiger partial charge in [0.05, 0.1) is 0 Å². The number of hydrogen-bond donors (Lipinski definition) is 5. The quantitative estimate of drug-likeness (QED) is 0.372. The van der Waals surface area contributed by atoms with Gasteiger partial charge in [-0.2, -0.15) is 0 Å². The van der Waals surface area contributed by atoms with E-state index in [-0.39, 0.29) is 19.3 Å². The van der Waals surface area contributed by atoms with Crippen molar-refractivity contribution in [2.45, 2.75) is 44.7 Å². The molecule has 0 aliphatic heterocycles. The van der Waals surface area contributed by atoms with E-state index in [1.165, 1.54) is 0 Å². The van der Waals surface area contributed by atoms with Crippen molar-refractivity contribution in [2.75, 3.05) is 0 Å². The third-order valence-corrected chi connectivity index (χ3v) is 2.35. The maximum absolute atomic E-state index is 11.6. The number of nitrogens with two attached hydrogens (primary N) is 2. The Morgan fingerprint density at radius 1 is 1.15 bits per heavy atom. The number of amides is 4. The summed E-state index contributed by atoms with van der Waals surface area (Å²) < 4.78 is 0. The van der Waals surface area contributed by atoms with Crippen LogP contribution >= 0.6 is 0 Å². The topological polar surface area (TPSA) is 165 Å². The summed E-state index contributed by atoms with van der Waals surface area (Å²) in [6, 6.07) is -2.01. The monoisotopic (exact) mass is 288 g/mol. The van der Waals surface area contributed by atoms with Crippen LogP contribution in [0.15, 0.2) is 0 Å². The summed E-state index contributed by atoms with van der Waals surface area (Å²) in [7, 11) is 0. The van der Waals surface area contributed by atoms with E-state index in [1.807, 2.05) is 0 Å². The molecule has 9 heteroatoms. The highest BCUT2D eigenvalue weighted by atomic mass is 16.4. The lowest BCUT2D eigenvalue weighted by molar-refractivity contribution is -0.139. The number of carboxylic acid groups (broad SMARTS) is 1. The van der Waals surface area contributed by atoms with Crippen molar-refractivity contribution in [1.29, 1.82) is 0 Å². The summed E-state index contributed by atoms with van der Waals surface area (Å²) in [6.45, 7) is 3.13. The second kappa shape index (κ2) is 7.31. The zero-order chi connectivity index (χ0) is 15.9. The van der Waals surface area contributed by atoms with Crippen molar-refractivity contribution in [1.82, 2.24) is 10.6 Å². The molecule has 0 radical (unpaired) electrons. The fourth-order valence-corrected chi connectivity index (χ4v) is 1.53. The van der Waals surface area contributed by atoms with Crippen molar-refractivity contribution >= 4 is 23.8 Å². The molecule has 0 fully saturated rings. The molecule has 0 aromatic heterocycles. The molecule has 0 aliphatic rings. The van der Waals surface area contributed by atoms with Gasteiger partial charge in [-0.05, 0) is 20.3 Å². The first kappa shape index (κ1) is 17.7. The molecule has 0 saturated carbocycles. The van der Waals surface area contributed by atoms with Crippen molar-refractivity contribution in [3.8, 4) is 0 Å².